The van der Waals surface area contributed by atoms with Crippen molar-refractivity contribution >= 4 is 29.1 Å². The van der Waals surface area contributed by atoms with Crippen molar-refractivity contribution in [2.45, 2.75) is 31.8 Å². The maximum Gasteiger partial charge on any atom is 0.180 e. The SMILES string of the molecule is COc1ccc(OC)c([C@@H]2[C@@H](C(C)=O)N3c4ccc(C)cc4C=CC3C23C(=O)c2ccccc2C3=O)c1. The molecule has 6 rings (SSSR count). The second-order valence-electron chi connectivity index (χ2n) is 9.99. The standard InChI is InChI=1S/C31H27NO5/c1-17-9-12-24-19(15-17)10-14-26-31(29(34)21-7-5-6-8-22(21)30(31)35)27(28(18(2)33)32(24)26)23-16-20(36-3)11-13-25(23)37-4/h5-16,26-28H,1-4H3/t26?,27-,28-/m1/s1. The predicted octanol–water partition coefficient (Wildman–Crippen LogP) is 5.03. The lowest BCUT2D eigenvalue weighted by molar-refractivity contribution is -0.118. The van der Waals surface area contributed by atoms with Crippen molar-refractivity contribution in [3.63, 3.8) is 0 Å². The molecule has 2 aliphatic heterocycles. The summed E-state index contributed by atoms with van der Waals surface area (Å²) in [5.74, 6) is -0.399. The Bertz CT molecular complexity index is 1480. The van der Waals surface area contributed by atoms with E-state index in [1.54, 1.807) is 56.7 Å². The van der Waals surface area contributed by atoms with Crippen LogP contribution in [-0.2, 0) is 4.79 Å². The van der Waals surface area contributed by atoms with E-state index < -0.39 is 23.4 Å². The summed E-state index contributed by atoms with van der Waals surface area (Å²) >= 11 is 0. The van der Waals surface area contributed by atoms with E-state index in [1.165, 1.54) is 6.92 Å². The van der Waals surface area contributed by atoms with Crippen LogP contribution in [0.25, 0.3) is 6.08 Å². The van der Waals surface area contributed by atoms with Crippen molar-refractivity contribution < 1.29 is 23.9 Å². The van der Waals surface area contributed by atoms with Crippen LogP contribution >= 0.6 is 0 Å². The summed E-state index contributed by atoms with van der Waals surface area (Å²) in [6.07, 6.45) is 3.89. The summed E-state index contributed by atoms with van der Waals surface area (Å²) in [7, 11) is 3.11. The van der Waals surface area contributed by atoms with Gasteiger partial charge in [-0.05, 0) is 49.7 Å². The van der Waals surface area contributed by atoms with E-state index in [9.17, 15) is 14.4 Å². The number of nitrogens with zero attached hydrogens (tertiary/aromatic N) is 1. The van der Waals surface area contributed by atoms with Crippen molar-refractivity contribution in [2.24, 2.45) is 5.41 Å². The van der Waals surface area contributed by atoms with Crippen molar-refractivity contribution in [2.75, 3.05) is 19.1 Å². The Morgan fingerprint density at radius 2 is 1.62 bits per heavy atom. The molecule has 3 atom stereocenters. The van der Waals surface area contributed by atoms with Gasteiger partial charge in [-0.1, -0.05) is 48.0 Å². The van der Waals surface area contributed by atoms with Crippen molar-refractivity contribution in [1.29, 1.82) is 0 Å². The average molecular weight is 494 g/mol. The van der Waals surface area contributed by atoms with Gasteiger partial charge in [0.05, 0.1) is 26.3 Å². The Hall–Kier alpha value is -4.19. The van der Waals surface area contributed by atoms with Gasteiger partial charge in [0.2, 0.25) is 0 Å². The molecule has 1 unspecified atom stereocenters. The molecule has 0 saturated carbocycles. The third-order valence-corrected chi connectivity index (χ3v) is 8.15. The first-order valence-electron chi connectivity index (χ1n) is 12.3. The first-order valence-corrected chi connectivity index (χ1v) is 12.3. The van der Waals surface area contributed by atoms with E-state index in [2.05, 4.69) is 6.07 Å². The van der Waals surface area contributed by atoms with Gasteiger partial charge in [-0.25, -0.2) is 0 Å². The molecule has 1 saturated heterocycles. The molecule has 0 aromatic heterocycles. The molecule has 3 aromatic carbocycles. The number of ketones is 3. The third kappa shape index (κ3) is 2.95. The predicted molar refractivity (Wildman–Crippen MR) is 141 cm³/mol. The number of hydrogen-bond donors (Lipinski definition) is 0. The van der Waals surface area contributed by atoms with Crippen LogP contribution in [0.15, 0.2) is 66.7 Å². The molecule has 186 valence electrons. The molecule has 1 spiro atoms. The molecule has 1 aliphatic carbocycles. The number of anilines is 1. The maximum atomic E-state index is 14.5. The number of hydrogen-bond acceptors (Lipinski definition) is 6. The Morgan fingerprint density at radius 1 is 0.919 bits per heavy atom. The zero-order valence-electron chi connectivity index (χ0n) is 21.1. The number of fused-ring (bicyclic) bond motifs is 5. The first-order chi connectivity index (χ1) is 17.8. The molecule has 3 aliphatic rings. The van der Waals surface area contributed by atoms with E-state index >= 15 is 0 Å². The molecule has 37 heavy (non-hydrogen) atoms. The maximum absolute atomic E-state index is 14.5. The van der Waals surface area contributed by atoms with E-state index in [0.29, 0.717) is 28.2 Å². The lowest BCUT2D eigenvalue weighted by atomic mass is 9.64. The molecule has 6 nitrogen and oxygen atoms in total. The highest BCUT2D eigenvalue weighted by atomic mass is 16.5. The molecule has 6 heteroatoms. The number of aryl methyl sites for hydroxylation is 1. The van der Waals surface area contributed by atoms with E-state index in [1.807, 2.05) is 36.1 Å². The minimum atomic E-state index is -1.54. The molecule has 0 N–H and O–H groups in total. The summed E-state index contributed by atoms with van der Waals surface area (Å²) in [6, 6.07) is 16.9. The molecule has 1 fully saturated rings. The van der Waals surface area contributed by atoms with Gasteiger partial charge in [0, 0.05) is 28.3 Å². The monoisotopic (exact) mass is 493 g/mol. The first kappa shape index (κ1) is 23.2. The van der Waals surface area contributed by atoms with Gasteiger partial charge < -0.3 is 14.4 Å². The van der Waals surface area contributed by atoms with Gasteiger partial charge in [0.15, 0.2) is 17.3 Å². The number of carbonyl (C=O) groups excluding carboxylic acids is 3. The molecule has 0 bridgehead atoms. The average Bonchev–Trinajstić information content (AvgIpc) is 3.34. The zero-order valence-corrected chi connectivity index (χ0v) is 21.1. The number of carbonyl (C=O) groups is 3. The fourth-order valence-electron chi connectivity index (χ4n) is 6.67. The smallest absolute Gasteiger partial charge is 0.180 e. The number of Topliss-reactive ketones (excluding diaryl/α,β-unsaturated/α-hetero) is 3. The van der Waals surface area contributed by atoms with E-state index in [-0.39, 0.29) is 17.3 Å². The van der Waals surface area contributed by atoms with Crippen LogP contribution in [0.2, 0.25) is 0 Å². The summed E-state index contributed by atoms with van der Waals surface area (Å²) < 4.78 is 11.3. The van der Waals surface area contributed by atoms with Gasteiger partial charge in [-0.15, -0.1) is 0 Å². The zero-order chi connectivity index (χ0) is 26.1. The van der Waals surface area contributed by atoms with Crippen LogP contribution in [0.1, 0.15) is 50.2 Å². The fourth-order valence-corrected chi connectivity index (χ4v) is 6.67. The van der Waals surface area contributed by atoms with Gasteiger partial charge in [0.25, 0.3) is 0 Å². The fraction of sp³-hybridized carbons (Fsp3) is 0.258. The Morgan fingerprint density at radius 3 is 2.24 bits per heavy atom. The summed E-state index contributed by atoms with van der Waals surface area (Å²) in [4.78, 5) is 44.6. The number of rotatable bonds is 4. The summed E-state index contributed by atoms with van der Waals surface area (Å²) in [5, 5.41) is 0. The lowest BCUT2D eigenvalue weighted by Crippen LogP contribution is -2.48. The second-order valence-corrected chi connectivity index (χ2v) is 9.99. The normalized spacial score (nSPS) is 22.6. The molecular formula is C31H27NO5. The number of methoxy groups -OCH3 is 2. The Kier molecular flexibility index (Phi) is 5.13. The van der Waals surface area contributed by atoms with Crippen molar-refractivity contribution in [3.05, 3.63) is 94.6 Å². The highest BCUT2D eigenvalue weighted by Crippen LogP contribution is 2.61. The van der Waals surface area contributed by atoms with E-state index in [4.69, 9.17) is 9.47 Å². The summed E-state index contributed by atoms with van der Waals surface area (Å²) in [5.41, 5.74) is 2.72. The lowest BCUT2D eigenvalue weighted by Gasteiger charge is -2.37. The van der Waals surface area contributed by atoms with Gasteiger partial charge in [-0.2, -0.15) is 0 Å². The van der Waals surface area contributed by atoms with Crippen LogP contribution in [0, 0.1) is 12.3 Å². The molecular weight excluding hydrogens is 466 g/mol. The highest BCUT2D eigenvalue weighted by Gasteiger charge is 2.71. The minimum absolute atomic E-state index is 0.130. The van der Waals surface area contributed by atoms with Crippen LogP contribution < -0.4 is 14.4 Å². The second kappa shape index (κ2) is 8.17. The minimum Gasteiger partial charge on any atom is -0.497 e. The Balaban J connectivity index is 1.71. The van der Waals surface area contributed by atoms with Gasteiger partial charge >= 0.3 is 0 Å². The van der Waals surface area contributed by atoms with Crippen LogP contribution in [0.5, 0.6) is 11.5 Å². The van der Waals surface area contributed by atoms with Crippen LogP contribution in [-0.4, -0.2) is 43.7 Å². The molecule has 0 radical (unpaired) electrons. The van der Waals surface area contributed by atoms with Crippen LogP contribution in [0.4, 0.5) is 5.69 Å². The third-order valence-electron chi connectivity index (χ3n) is 8.15. The van der Waals surface area contributed by atoms with Crippen LogP contribution in [0.3, 0.4) is 0 Å². The number of benzene rings is 3. The number of ether oxygens (including phenoxy) is 2. The van der Waals surface area contributed by atoms with Gasteiger partial charge in [0.1, 0.15) is 16.9 Å². The largest absolute Gasteiger partial charge is 0.497 e. The Labute approximate surface area is 215 Å². The quantitative estimate of drug-likeness (QED) is 0.475. The highest BCUT2D eigenvalue weighted by molar-refractivity contribution is 6.32. The molecule has 2 heterocycles. The van der Waals surface area contributed by atoms with E-state index in [0.717, 1.165) is 16.8 Å². The topological polar surface area (TPSA) is 72.9 Å². The molecule has 3 aromatic rings. The molecule has 0 amide bonds. The summed E-state index contributed by atoms with van der Waals surface area (Å²) in [6.45, 7) is 3.54. The van der Waals surface area contributed by atoms with Gasteiger partial charge in [-0.3, -0.25) is 14.4 Å². The van der Waals surface area contributed by atoms with Crippen molar-refractivity contribution in [3.8, 4) is 11.5 Å². The van der Waals surface area contributed by atoms with Crippen molar-refractivity contribution in [1.82, 2.24) is 0 Å².